The van der Waals surface area contributed by atoms with E-state index in [1.807, 2.05) is 70.9 Å². The first-order valence-electron chi connectivity index (χ1n) is 15.5. The lowest BCUT2D eigenvalue weighted by molar-refractivity contribution is 0.0963. The van der Waals surface area contributed by atoms with Gasteiger partial charge in [-0.05, 0) is 61.4 Å². The fourth-order valence-electron chi connectivity index (χ4n) is 4.52. The standard InChI is InChI=1S/C37H47FN8O/c1-12-34(43-30(20-39-8)21-40-9)35-41-22-31(46(35)11)14-13-27-18-32(33(38)16-25(27)3)36(47)44-29(17-26(4)37(5,6)7)15-24(2)28-19-42-45(10)23-28/h12,15-24,39,43H,1-11H3,(H,44,47)/b26-17+,29-15+,30-20+,34-12+,40-21-. The molecule has 0 bridgehead atoms. The highest BCUT2D eigenvalue weighted by Gasteiger charge is 2.18. The molecule has 0 saturated carbocycles. The molecule has 0 aliphatic rings. The summed E-state index contributed by atoms with van der Waals surface area (Å²) < 4.78 is 18.9. The molecule has 0 aliphatic carbocycles. The summed E-state index contributed by atoms with van der Waals surface area (Å²) in [5, 5.41) is 13.5. The molecule has 47 heavy (non-hydrogen) atoms. The Hall–Kier alpha value is -5.17. The van der Waals surface area contributed by atoms with Crippen molar-refractivity contribution < 1.29 is 9.18 Å². The Morgan fingerprint density at radius 1 is 1.13 bits per heavy atom. The first-order valence-corrected chi connectivity index (χ1v) is 15.5. The number of hydrogen-bond acceptors (Lipinski definition) is 6. The Kier molecular flexibility index (Phi) is 12.3. The van der Waals surface area contributed by atoms with Crippen molar-refractivity contribution in [2.24, 2.45) is 24.5 Å². The maximum Gasteiger partial charge on any atom is 0.258 e. The highest BCUT2D eigenvalue weighted by Crippen LogP contribution is 2.27. The Morgan fingerprint density at radius 2 is 1.85 bits per heavy atom. The molecule has 2 aromatic heterocycles. The average Bonchev–Trinajstić information content (AvgIpc) is 3.60. The Balaban J connectivity index is 1.95. The summed E-state index contributed by atoms with van der Waals surface area (Å²) in [4.78, 5) is 22.2. The van der Waals surface area contributed by atoms with Crippen LogP contribution in [0.3, 0.4) is 0 Å². The third kappa shape index (κ3) is 9.66. The minimum absolute atomic E-state index is 0.0416. The molecule has 3 aromatic rings. The van der Waals surface area contributed by atoms with Crippen LogP contribution in [0.1, 0.15) is 86.0 Å². The van der Waals surface area contributed by atoms with Crippen molar-refractivity contribution in [2.45, 2.75) is 54.4 Å². The SMILES string of the molecule is C/C=C(/NC(/C=N\C)=C/NC)c1ncc(C#Cc2cc(C(=O)NC(=C/C(C)c3cnn(C)c3)/C=C(\C)C(C)(C)C)c(F)cc2C)n1C. The summed E-state index contributed by atoms with van der Waals surface area (Å²) in [5.74, 6) is 5.74. The third-order valence-electron chi connectivity index (χ3n) is 7.74. The molecule has 248 valence electrons. The van der Waals surface area contributed by atoms with Crippen LogP contribution in [0.5, 0.6) is 0 Å². The number of halogens is 1. The number of allylic oxidation sites excluding steroid dienone is 5. The van der Waals surface area contributed by atoms with Crippen LogP contribution in [0.2, 0.25) is 0 Å². The average molecular weight is 639 g/mol. The van der Waals surface area contributed by atoms with Gasteiger partial charge in [-0.2, -0.15) is 5.10 Å². The molecule has 9 nitrogen and oxygen atoms in total. The van der Waals surface area contributed by atoms with Crippen molar-refractivity contribution in [3.63, 3.8) is 0 Å². The van der Waals surface area contributed by atoms with Gasteiger partial charge in [0.2, 0.25) is 0 Å². The van der Waals surface area contributed by atoms with Crippen molar-refractivity contribution in [3.8, 4) is 11.8 Å². The second kappa shape index (κ2) is 15.9. The number of imidazole rings is 1. The molecule has 3 N–H and O–H groups in total. The monoisotopic (exact) mass is 638 g/mol. The zero-order chi connectivity index (χ0) is 34.9. The summed E-state index contributed by atoms with van der Waals surface area (Å²) in [6.07, 6.45) is 14.7. The van der Waals surface area contributed by atoms with Gasteiger partial charge in [0.25, 0.3) is 5.91 Å². The summed E-state index contributed by atoms with van der Waals surface area (Å²) in [6, 6.07) is 2.85. The molecule has 0 spiro atoms. The van der Waals surface area contributed by atoms with Crippen LogP contribution in [0.4, 0.5) is 4.39 Å². The van der Waals surface area contributed by atoms with E-state index in [1.54, 1.807) is 43.5 Å². The van der Waals surface area contributed by atoms with Crippen molar-refractivity contribution in [3.05, 3.63) is 112 Å². The van der Waals surface area contributed by atoms with Crippen molar-refractivity contribution in [1.82, 2.24) is 35.3 Å². The van der Waals surface area contributed by atoms with Gasteiger partial charge < -0.3 is 20.5 Å². The number of nitrogens with zero attached hydrogens (tertiary/aromatic N) is 5. The Labute approximate surface area is 278 Å². The summed E-state index contributed by atoms with van der Waals surface area (Å²) >= 11 is 0. The number of aromatic nitrogens is 4. The van der Waals surface area contributed by atoms with Gasteiger partial charge >= 0.3 is 0 Å². The van der Waals surface area contributed by atoms with E-state index in [0.29, 0.717) is 28.3 Å². The van der Waals surface area contributed by atoms with Crippen LogP contribution in [-0.2, 0) is 14.1 Å². The topological polar surface area (TPSA) is 101 Å². The van der Waals surface area contributed by atoms with Crippen LogP contribution in [0.25, 0.3) is 5.70 Å². The number of nitrogens with one attached hydrogen (secondary N) is 3. The van der Waals surface area contributed by atoms with Gasteiger partial charge in [-0.1, -0.05) is 51.3 Å². The molecule has 0 aliphatic heterocycles. The third-order valence-corrected chi connectivity index (χ3v) is 7.74. The maximum atomic E-state index is 15.3. The number of carbonyl (C=O) groups excluding carboxylic acids is 1. The second-order valence-corrected chi connectivity index (χ2v) is 12.4. The molecule has 0 radical (unpaired) electrons. The minimum Gasteiger partial charge on any atom is -0.392 e. The zero-order valence-electron chi connectivity index (χ0n) is 29.4. The highest BCUT2D eigenvalue weighted by atomic mass is 19.1. The summed E-state index contributed by atoms with van der Waals surface area (Å²) in [7, 11) is 7.25. The highest BCUT2D eigenvalue weighted by molar-refractivity contribution is 5.96. The van der Waals surface area contributed by atoms with Gasteiger partial charge in [0, 0.05) is 64.0 Å². The first-order chi connectivity index (χ1) is 22.2. The number of hydrogen-bond donors (Lipinski definition) is 3. The van der Waals surface area contributed by atoms with E-state index >= 15 is 4.39 Å². The van der Waals surface area contributed by atoms with Crippen molar-refractivity contribution in [2.75, 3.05) is 14.1 Å². The number of aryl methyl sites for hydroxylation is 2. The fourth-order valence-corrected chi connectivity index (χ4v) is 4.52. The summed E-state index contributed by atoms with van der Waals surface area (Å²) in [5.41, 5.74) is 5.79. The number of carbonyl (C=O) groups is 1. The van der Waals surface area contributed by atoms with Gasteiger partial charge in [-0.15, -0.1) is 0 Å². The lowest BCUT2D eigenvalue weighted by Gasteiger charge is -2.21. The van der Waals surface area contributed by atoms with E-state index in [9.17, 15) is 4.79 Å². The molecule has 1 amide bonds. The van der Waals surface area contributed by atoms with Gasteiger partial charge in [0.1, 0.15) is 11.5 Å². The molecule has 2 heterocycles. The van der Waals surface area contributed by atoms with Crippen LogP contribution >= 0.6 is 0 Å². The predicted molar refractivity (Wildman–Crippen MR) is 189 cm³/mol. The minimum atomic E-state index is -0.616. The van der Waals surface area contributed by atoms with E-state index in [1.165, 1.54) is 12.1 Å². The van der Waals surface area contributed by atoms with E-state index in [0.717, 1.165) is 22.5 Å². The Bertz CT molecular complexity index is 1820. The van der Waals surface area contributed by atoms with Crippen LogP contribution in [0, 0.1) is 30.0 Å². The molecule has 3 rings (SSSR count). The number of benzene rings is 1. The molecule has 1 atom stereocenters. The quantitative estimate of drug-likeness (QED) is 0.141. The van der Waals surface area contributed by atoms with E-state index in [2.05, 4.69) is 63.6 Å². The zero-order valence-corrected chi connectivity index (χ0v) is 29.4. The van der Waals surface area contributed by atoms with Crippen LogP contribution in [-0.4, -0.2) is 45.5 Å². The van der Waals surface area contributed by atoms with Crippen LogP contribution < -0.4 is 16.0 Å². The second-order valence-electron chi connectivity index (χ2n) is 12.4. The molecule has 1 aromatic carbocycles. The van der Waals surface area contributed by atoms with E-state index in [4.69, 9.17) is 0 Å². The molecule has 10 heteroatoms. The van der Waals surface area contributed by atoms with Crippen molar-refractivity contribution >= 4 is 17.8 Å². The lowest BCUT2D eigenvalue weighted by Crippen LogP contribution is -2.24. The van der Waals surface area contributed by atoms with Crippen molar-refractivity contribution in [1.29, 1.82) is 0 Å². The molecular weight excluding hydrogens is 591 g/mol. The van der Waals surface area contributed by atoms with E-state index in [-0.39, 0.29) is 16.9 Å². The maximum absolute atomic E-state index is 15.3. The number of rotatable bonds is 10. The molecule has 1 unspecified atom stereocenters. The predicted octanol–water partition coefficient (Wildman–Crippen LogP) is 6.12. The van der Waals surface area contributed by atoms with Gasteiger partial charge in [-0.25, -0.2) is 9.37 Å². The molecule has 0 saturated heterocycles. The number of amides is 1. The molecular formula is C37H47FN8O. The largest absolute Gasteiger partial charge is 0.392 e. The van der Waals surface area contributed by atoms with Gasteiger partial charge in [-0.3, -0.25) is 14.5 Å². The van der Waals surface area contributed by atoms with E-state index < -0.39 is 11.7 Å². The summed E-state index contributed by atoms with van der Waals surface area (Å²) in [6.45, 7) is 14.0. The lowest BCUT2D eigenvalue weighted by atomic mass is 9.87. The van der Waals surface area contributed by atoms with Crippen LogP contribution in [0.15, 0.2) is 77.1 Å². The fraction of sp³-hybridized carbons (Fsp3) is 0.351. The first kappa shape index (κ1) is 36.3. The molecule has 0 fully saturated rings. The van der Waals surface area contributed by atoms with Gasteiger partial charge in [0.15, 0.2) is 5.82 Å². The Morgan fingerprint density at radius 3 is 2.45 bits per heavy atom. The van der Waals surface area contributed by atoms with Gasteiger partial charge in [0.05, 0.1) is 29.4 Å². The normalized spacial score (nSPS) is 13.8. The smallest absolute Gasteiger partial charge is 0.258 e. The number of aliphatic imine (C=N–C) groups is 1.